The van der Waals surface area contributed by atoms with Crippen molar-refractivity contribution < 1.29 is 18.7 Å². The third-order valence-electron chi connectivity index (χ3n) is 5.23. The second-order valence-electron chi connectivity index (χ2n) is 7.86. The van der Waals surface area contributed by atoms with E-state index >= 15 is 0 Å². The van der Waals surface area contributed by atoms with Gasteiger partial charge in [-0.05, 0) is 56.2 Å². The Kier molecular flexibility index (Phi) is 7.68. The molecule has 180 valence electrons. The molecule has 3 rings (SSSR count). The number of hydrogen-bond donors (Lipinski definition) is 2. The number of hydrogen-bond acceptors (Lipinski definition) is 6. The molecule has 1 aromatic carbocycles. The summed E-state index contributed by atoms with van der Waals surface area (Å²) < 4.78 is 19.9. The van der Waals surface area contributed by atoms with Gasteiger partial charge in [-0.15, -0.1) is 11.3 Å². The minimum absolute atomic E-state index is 0.215. The number of carbonyl (C=O) groups excluding carboxylic acids is 2. The fourth-order valence-corrected chi connectivity index (χ4v) is 4.89. The summed E-state index contributed by atoms with van der Waals surface area (Å²) in [5, 5.41) is 11.4. The second-order valence-corrected chi connectivity index (χ2v) is 9.29. The molecule has 8 nitrogen and oxygen atoms in total. The number of nitrogens with one attached hydrogen (secondary N) is 2. The van der Waals surface area contributed by atoms with Crippen LogP contribution in [-0.4, -0.2) is 52.9 Å². The molecule has 1 amide bonds. The number of nitrogens with zero attached hydrogens (tertiary/aromatic N) is 3. The van der Waals surface area contributed by atoms with Crippen LogP contribution in [0.25, 0.3) is 0 Å². The second kappa shape index (κ2) is 10.3. The first-order chi connectivity index (χ1) is 16.0. The zero-order valence-electron chi connectivity index (χ0n) is 19.8. The van der Waals surface area contributed by atoms with E-state index < -0.39 is 5.97 Å². The molecule has 0 aliphatic heterocycles. The molecule has 2 N–H and O–H groups in total. The van der Waals surface area contributed by atoms with E-state index in [1.807, 2.05) is 13.8 Å². The fourth-order valence-electron chi connectivity index (χ4n) is 3.40. The van der Waals surface area contributed by atoms with Crippen molar-refractivity contribution in [3.63, 3.8) is 0 Å². The molecule has 34 heavy (non-hydrogen) atoms. The SMILES string of the molecule is COC(=O)c1c(NC(=S)Nc2c(C)nn(Cc3ccc(F)cc3)c2C)sc(C(=O)N(C)C)c1C. The van der Waals surface area contributed by atoms with E-state index in [4.69, 9.17) is 17.0 Å². The minimum Gasteiger partial charge on any atom is -0.465 e. The smallest absolute Gasteiger partial charge is 0.341 e. The van der Waals surface area contributed by atoms with Crippen LogP contribution in [0.4, 0.5) is 15.1 Å². The van der Waals surface area contributed by atoms with Gasteiger partial charge in [0.05, 0.1) is 41.2 Å². The Morgan fingerprint density at radius 2 is 1.82 bits per heavy atom. The Morgan fingerprint density at radius 1 is 1.18 bits per heavy atom. The predicted octanol–water partition coefficient (Wildman–Crippen LogP) is 4.35. The number of anilines is 2. The largest absolute Gasteiger partial charge is 0.465 e. The number of aryl methyl sites for hydroxylation is 1. The van der Waals surface area contributed by atoms with Crippen molar-refractivity contribution in [1.29, 1.82) is 0 Å². The van der Waals surface area contributed by atoms with Gasteiger partial charge < -0.3 is 20.3 Å². The van der Waals surface area contributed by atoms with Crippen LogP contribution in [0.3, 0.4) is 0 Å². The van der Waals surface area contributed by atoms with Gasteiger partial charge >= 0.3 is 5.97 Å². The molecule has 2 aromatic heterocycles. The van der Waals surface area contributed by atoms with Crippen LogP contribution >= 0.6 is 23.6 Å². The number of benzene rings is 1. The average molecular weight is 504 g/mol. The number of methoxy groups -OCH3 is 1. The number of thiophene rings is 1. The van der Waals surface area contributed by atoms with E-state index in [-0.39, 0.29) is 22.4 Å². The molecule has 0 spiro atoms. The van der Waals surface area contributed by atoms with Crippen LogP contribution in [0.15, 0.2) is 24.3 Å². The topological polar surface area (TPSA) is 88.5 Å². The maximum Gasteiger partial charge on any atom is 0.341 e. The van der Waals surface area contributed by atoms with Crippen molar-refractivity contribution in [2.24, 2.45) is 0 Å². The van der Waals surface area contributed by atoms with Gasteiger partial charge in [0.25, 0.3) is 5.91 Å². The molecule has 0 saturated carbocycles. The van der Waals surface area contributed by atoms with Crippen LogP contribution in [0.2, 0.25) is 0 Å². The molecule has 3 aromatic rings. The maximum atomic E-state index is 13.2. The van der Waals surface area contributed by atoms with E-state index in [0.717, 1.165) is 34.0 Å². The Bertz CT molecular complexity index is 1250. The number of aromatic nitrogens is 2. The summed E-state index contributed by atoms with van der Waals surface area (Å²) in [4.78, 5) is 26.9. The number of amides is 1. The van der Waals surface area contributed by atoms with Gasteiger partial charge in [0.1, 0.15) is 10.8 Å². The van der Waals surface area contributed by atoms with Gasteiger partial charge in [-0.25, -0.2) is 9.18 Å². The number of rotatable bonds is 6. The summed E-state index contributed by atoms with van der Waals surface area (Å²) in [6.45, 7) is 5.93. The molecule has 0 aliphatic carbocycles. The van der Waals surface area contributed by atoms with Gasteiger partial charge in [0.15, 0.2) is 5.11 Å². The first-order valence-corrected chi connectivity index (χ1v) is 11.6. The molecule has 0 aliphatic rings. The van der Waals surface area contributed by atoms with Crippen molar-refractivity contribution in [1.82, 2.24) is 14.7 Å². The first-order valence-electron chi connectivity index (χ1n) is 10.3. The molecule has 0 saturated heterocycles. The predicted molar refractivity (Wildman–Crippen MR) is 135 cm³/mol. The molecule has 11 heteroatoms. The Morgan fingerprint density at radius 3 is 2.41 bits per heavy atom. The summed E-state index contributed by atoms with van der Waals surface area (Å²) in [6.07, 6.45) is 0. The van der Waals surface area contributed by atoms with Gasteiger partial charge in [0.2, 0.25) is 0 Å². The summed E-state index contributed by atoms with van der Waals surface area (Å²) in [5.41, 5.74) is 3.99. The Balaban J connectivity index is 1.84. The van der Waals surface area contributed by atoms with Gasteiger partial charge in [-0.2, -0.15) is 5.10 Å². The van der Waals surface area contributed by atoms with Crippen LogP contribution in [0, 0.1) is 26.6 Å². The minimum atomic E-state index is -0.559. The molecule has 2 heterocycles. The van der Waals surface area contributed by atoms with Gasteiger partial charge in [-0.3, -0.25) is 9.48 Å². The third-order valence-corrected chi connectivity index (χ3v) is 6.63. The Hall–Kier alpha value is -3.31. The van der Waals surface area contributed by atoms with Crippen molar-refractivity contribution in [3.05, 3.63) is 63.0 Å². The van der Waals surface area contributed by atoms with E-state index in [1.165, 1.54) is 24.1 Å². The highest BCUT2D eigenvalue weighted by Crippen LogP contribution is 2.34. The molecular weight excluding hydrogens is 477 g/mol. The van der Waals surface area contributed by atoms with Crippen molar-refractivity contribution in [2.45, 2.75) is 27.3 Å². The number of carbonyl (C=O) groups is 2. The lowest BCUT2D eigenvalue weighted by molar-refractivity contribution is 0.0601. The highest BCUT2D eigenvalue weighted by Gasteiger charge is 2.27. The highest BCUT2D eigenvalue weighted by atomic mass is 32.1. The Labute approximate surface area is 206 Å². The first kappa shape index (κ1) is 25.3. The van der Waals surface area contributed by atoms with E-state index in [2.05, 4.69) is 15.7 Å². The highest BCUT2D eigenvalue weighted by molar-refractivity contribution is 7.80. The number of halogens is 1. The van der Waals surface area contributed by atoms with E-state index in [9.17, 15) is 14.0 Å². The lowest BCUT2D eigenvalue weighted by Crippen LogP contribution is -2.21. The van der Waals surface area contributed by atoms with Crippen LogP contribution in [0.5, 0.6) is 0 Å². The lowest BCUT2D eigenvalue weighted by atomic mass is 10.1. The van der Waals surface area contributed by atoms with E-state index in [0.29, 0.717) is 22.0 Å². The molecule has 0 radical (unpaired) electrons. The standard InChI is InChI=1S/C23H26FN5O3S2/c1-12-17(22(31)32-6)20(34-19(12)21(30)28(4)5)26-23(33)25-18-13(2)27-29(14(18)3)11-15-7-9-16(24)10-8-15/h7-10H,11H2,1-6H3,(H2,25,26,33). The van der Waals surface area contributed by atoms with Crippen LogP contribution < -0.4 is 10.6 Å². The fraction of sp³-hybridized carbons (Fsp3) is 0.304. The van der Waals surface area contributed by atoms with Crippen molar-refractivity contribution in [3.8, 4) is 0 Å². The molecule has 0 bridgehead atoms. The van der Waals surface area contributed by atoms with Crippen molar-refractivity contribution >= 4 is 51.2 Å². The normalized spacial score (nSPS) is 10.7. The summed E-state index contributed by atoms with van der Waals surface area (Å²) in [7, 11) is 4.58. The number of esters is 1. The van der Waals surface area contributed by atoms with Gasteiger partial charge in [0, 0.05) is 14.1 Å². The maximum absolute atomic E-state index is 13.2. The van der Waals surface area contributed by atoms with Gasteiger partial charge in [-0.1, -0.05) is 12.1 Å². The monoisotopic (exact) mass is 503 g/mol. The average Bonchev–Trinajstić information content (AvgIpc) is 3.24. The lowest BCUT2D eigenvalue weighted by Gasteiger charge is -2.11. The molecule has 0 fully saturated rings. The molecule has 0 unspecified atom stereocenters. The summed E-state index contributed by atoms with van der Waals surface area (Å²) in [6, 6.07) is 6.25. The zero-order valence-corrected chi connectivity index (χ0v) is 21.4. The summed E-state index contributed by atoms with van der Waals surface area (Å²) in [5.74, 6) is -1.06. The van der Waals surface area contributed by atoms with E-state index in [1.54, 1.807) is 37.8 Å². The van der Waals surface area contributed by atoms with Crippen molar-refractivity contribution in [2.75, 3.05) is 31.8 Å². The molecular formula is C23H26FN5O3S2. The van der Waals surface area contributed by atoms with Crippen LogP contribution in [-0.2, 0) is 11.3 Å². The zero-order chi connectivity index (χ0) is 25.2. The third kappa shape index (κ3) is 5.26. The number of ether oxygens (including phenoxy) is 1. The van der Waals surface area contributed by atoms with Crippen LogP contribution in [0.1, 0.15) is 42.5 Å². The molecule has 0 atom stereocenters. The number of thiocarbonyl (C=S) groups is 1. The summed E-state index contributed by atoms with van der Waals surface area (Å²) >= 11 is 6.64. The quantitative estimate of drug-likeness (QED) is 0.382.